The lowest BCUT2D eigenvalue weighted by molar-refractivity contribution is 0.112. The van der Waals surface area contributed by atoms with Crippen LogP contribution in [0.2, 0.25) is 0 Å². The number of carbonyl (C=O) groups is 2. The fraction of sp³-hybridized carbons (Fsp3) is 0.391. The number of likely N-dealkylation sites (N-methyl/N-ethyl adjacent to an activating group) is 1. The maximum absolute atomic E-state index is 12.3. The van der Waals surface area contributed by atoms with Crippen LogP contribution in [0.1, 0.15) is 28.8 Å². The molecule has 1 aliphatic heterocycles. The van der Waals surface area contributed by atoms with Crippen LogP contribution in [-0.4, -0.2) is 76.1 Å². The first-order valence-corrected chi connectivity index (χ1v) is 10.9. The van der Waals surface area contributed by atoms with Crippen molar-refractivity contribution in [1.29, 1.82) is 0 Å². The molecule has 166 valence electrons. The van der Waals surface area contributed by atoms with Crippen molar-refractivity contribution in [3.63, 3.8) is 0 Å². The molecule has 0 bridgehead atoms. The van der Waals surface area contributed by atoms with Crippen LogP contribution in [0.4, 0.5) is 10.6 Å². The van der Waals surface area contributed by atoms with E-state index in [0.29, 0.717) is 22.7 Å². The number of rotatable bonds is 6. The molecule has 2 fully saturated rings. The van der Waals surface area contributed by atoms with E-state index in [-0.39, 0.29) is 6.10 Å². The van der Waals surface area contributed by atoms with E-state index in [1.165, 1.54) is 16.3 Å². The molecule has 2 aliphatic rings. The van der Waals surface area contributed by atoms with Crippen molar-refractivity contribution in [1.82, 2.24) is 24.4 Å². The van der Waals surface area contributed by atoms with Crippen LogP contribution in [0.5, 0.6) is 0 Å². The van der Waals surface area contributed by atoms with Gasteiger partial charge in [0.15, 0.2) is 11.9 Å². The molecule has 0 atom stereocenters. The van der Waals surface area contributed by atoms with E-state index in [1.54, 1.807) is 6.07 Å². The van der Waals surface area contributed by atoms with Crippen molar-refractivity contribution < 1.29 is 14.3 Å². The Bertz CT molecular complexity index is 1150. The Hall–Kier alpha value is -3.30. The van der Waals surface area contributed by atoms with Gasteiger partial charge in [-0.05, 0) is 31.5 Å². The number of carbonyl (C=O) groups excluding carboxylic acids is 2. The summed E-state index contributed by atoms with van der Waals surface area (Å²) in [6.07, 6.45) is 3.40. The quantitative estimate of drug-likeness (QED) is 0.596. The first kappa shape index (κ1) is 20.6. The number of nitrogens with one attached hydrogen (secondary N) is 1. The molecule has 1 aromatic carbocycles. The largest absolute Gasteiger partial charge is 0.446 e. The van der Waals surface area contributed by atoms with Gasteiger partial charge in [-0.25, -0.2) is 9.78 Å². The van der Waals surface area contributed by atoms with Gasteiger partial charge in [0.05, 0.1) is 17.5 Å². The summed E-state index contributed by atoms with van der Waals surface area (Å²) in [6.45, 7) is 5.09. The second-order valence-corrected chi connectivity index (χ2v) is 8.49. The smallest absolute Gasteiger partial charge is 0.413 e. The molecule has 1 saturated carbocycles. The van der Waals surface area contributed by atoms with Crippen LogP contribution in [0.25, 0.3) is 16.9 Å². The molecule has 1 amide bonds. The molecule has 3 aromatic rings. The first-order valence-electron chi connectivity index (χ1n) is 10.9. The Morgan fingerprint density at radius 3 is 2.78 bits per heavy atom. The van der Waals surface area contributed by atoms with E-state index in [1.807, 2.05) is 12.1 Å². The molecule has 1 aliphatic carbocycles. The van der Waals surface area contributed by atoms with Gasteiger partial charge in [-0.3, -0.25) is 15.0 Å². The Kier molecular flexibility index (Phi) is 5.59. The molecule has 0 unspecified atom stereocenters. The fourth-order valence-electron chi connectivity index (χ4n) is 3.86. The lowest BCUT2D eigenvalue weighted by Gasteiger charge is -2.32. The van der Waals surface area contributed by atoms with Crippen LogP contribution in [0.15, 0.2) is 36.5 Å². The zero-order valence-electron chi connectivity index (χ0n) is 18.0. The van der Waals surface area contributed by atoms with Crippen molar-refractivity contribution >= 4 is 23.8 Å². The summed E-state index contributed by atoms with van der Waals surface area (Å²) < 4.78 is 6.77. The average molecular weight is 435 g/mol. The maximum Gasteiger partial charge on any atom is 0.413 e. The Morgan fingerprint density at radius 1 is 1.22 bits per heavy atom. The highest BCUT2D eigenvalue weighted by Crippen LogP contribution is 2.27. The van der Waals surface area contributed by atoms with Crippen molar-refractivity contribution in [3.05, 3.63) is 47.7 Å². The highest BCUT2D eigenvalue weighted by Gasteiger charge is 2.26. The first-order chi connectivity index (χ1) is 15.6. The zero-order chi connectivity index (χ0) is 22.1. The molecule has 9 heteroatoms. The van der Waals surface area contributed by atoms with Gasteiger partial charge >= 0.3 is 6.09 Å². The van der Waals surface area contributed by atoms with E-state index >= 15 is 0 Å². The predicted octanol–water partition coefficient (Wildman–Crippen LogP) is 2.67. The van der Waals surface area contributed by atoms with Crippen LogP contribution < -0.4 is 5.32 Å². The number of amides is 1. The molecular formula is C23H26N6O3. The molecule has 32 heavy (non-hydrogen) atoms. The normalized spacial score (nSPS) is 17.4. The van der Waals surface area contributed by atoms with Gasteiger partial charge in [0, 0.05) is 44.4 Å². The number of hydrogen-bond acceptors (Lipinski definition) is 7. The minimum atomic E-state index is -0.530. The lowest BCUT2D eigenvalue weighted by atomic mass is 10.1. The topological polar surface area (TPSA) is 92.1 Å². The molecule has 0 spiro atoms. The van der Waals surface area contributed by atoms with Gasteiger partial charge in [-0.1, -0.05) is 18.2 Å². The Morgan fingerprint density at radius 2 is 2.03 bits per heavy atom. The van der Waals surface area contributed by atoms with E-state index < -0.39 is 6.09 Å². The third kappa shape index (κ3) is 4.49. The Labute approximate surface area is 186 Å². The number of nitrogens with zero attached hydrogens (tertiary/aromatic N) is 5. The summed E-state index contributed by atoms with van der Waals surface area (Å²) >= 11 is 0. The number of piperazine rings is 1. The van der Waals surface area contributed by atoms with E-state index in [0.717, 1.165) is 57.4 Å². The molecule has 1 N–H and O–H groups in total. The predicted molar refractivity (Wildman–Crippen MR) is 120 cm³/mol. The monoisotopic (exact) mass is 434 g/mol. The van der Waals surface area contributed by atoms with Gasteiger partial charge in [0.1, 0.15) is 11.9 Å². The molecule has 9 nitrogen and oxygen atoms in total. The summed E-state index contributed by atoms with van der Waals surface area (Å²) in [5.74, 6) is 0.410. The van der Waals surface area contributed by atoms with E-state index in [4.69, 9.17) is 4.74 Å². The van der Waals surface area contributed by atoms with Gasteiger partial charge < -0.3 is 9.64 Å². The molecular weight excluding hydrogens is 408 g/mol. The number of aldehydes is 1. The minimum absolute atomic E-state index is 0.0128. The maximum atomic E-state index is 12.3. The molecule has 0 radical (unpaired) electrons. The van der Waals surface area contributed by atoms with Crippen molar-refractivity contribution in [2.45, 2.75) is 25.5 Å². The van der Waals surface area contributed by atoms with Crippen molar-refractivity contribution in [2.24, 2.45) is 0 Å². The van der Waals surface area contributed by atoms with Gasteiger partial charge in [-0.15, -0.1) is 0 Å². The average Bonchev–Trinajstić information content (AvgIpc) is 3.50. The lowest BCUT2D eigenvalue weighted by Crippen LogP contribution is -2.43. The van der Waals surface area contributed by atoms with Gasteiger partial charge in [0.2, 0.25) is 0 Å². The third-order valence-corrected chi connectivity index (χ3v) is 5.88. The van der Waals surface area contributed by atoms with Crippen LogP contribution in [0.3, 0.4) is 0 Å². The SMILES string of the molecule is CN1CCN(Cc2cccc(-c3cc(NC(=O)OC4CC4)n4ncc(C=O)c4n3)c2)CC1. The number of anilines is 1. The van der Waals surface area contributed by atoms with E-state index in [9.17, 15) is 9.59 Å². The molecule has 1 saturated heterocycles. The highest BCUT2D eigenvalue weighted by molar-refractivity contribution is 5.88. The second-order valence-electron chi connectivity index (χ2n) is 8.49. The van der Waals surface area contributed by atoms with Crippen LogP contribution in [-0.2, 0) is 11.3 Å². The van der Waals surface area contributed by atoms with E-state index in [2.05, 4.69) is 44.4 Å². The minimum Gasteiger partial charge on any atom is -0.446 e. The summed E-state index contributed by atoms with van der Waals surface area (Å²) in [5, 5.41) is 6.97. The molecule has 3 heterocycles. The van der Waals surface area contributed by atoms with Crippen LogP contribution >= 0.6 is 0 Å². The van der Waals surface area contributed by atoms with Gasteiger partial charge in [0.25, 0.3) is 0 Å². The third-order valence-electron chi connectivity index (χ3n) is 5.88. The Balaban J connectivity index is 1.45. The summed E-state index contributed by atoms with van der Waals surface area (Å²) in [7, 11) is 2.15. The summed E-state index contributed by atoms with van der Waals surface area (Å²) in [5.41, 5.74) is 3.52. The fourth-order valence-corrected chi connectivity index (χ4v) is 3.86. The van der Waals surface area contributed by atoms with Crippen LogP contribution in [0, 0.1) is 0 Å². The number of aromatic nitrogens is 3. The highest BCUT2D eigenvalue weighted by atomic mass is 16.6. The zero-order valence-corrected chi connectivity index (χ0v) is 18.0. The summed E-state index contributed by atoms with van der Waals surface area (Å²) in [4.78, 5) is 33.2. The number of fused-ring (bicyclic) bond motifs is 1. The molecule has 5 rings (SSSR count). The molecule has 2 aromatic heterocycles. The number of ether oxygens (including phenoxy) is 1. The summed E-state index contributed by atoms with van der Waals surface area (Å²) in [6, 6.07) is 9.98. The van der Waals surface area contributed by atoms with Crippen molar-refractivity contribution in [3.8, 4) is 11.3 Å². The standard InChI is InChI=1S/C23H26N6O3/c1-27-7-9-28(10-8-27)14-16-3-2-4-17(11-16)20-12-21(26-23(31)32-19-5-6-19)29-22(25-20)18(15-30)13-24-29/h2-4,11-13,15,19H,5-10,14H2,1H3,(H,26,31). The second kappa shape index (κ2) is 8.68. The van der Waals surface area contributed by atoms with Crippen molar-refractivity contribution in [2.75, 3.05) is 38.5 Å². The number of benzene rings is 1. The number of hydrogen-bond donors (Lipinski definition) is 1. The van der Waals surface area contributed by atoms with Gasteiger partial charge in [-0.2, -0.15) is 9.61 Å².